The third-order valence-electron chi connectivity index (χ3n) is 11.5. The highest BCUT2D eigenvalue weighted by Gasteiger charge is 2.55. The fourth-order valence-corrected chi connectivity index (χ4v) is 10.4. The molecule has 326 valence electrons. The predicted octanol–water partition coefficient (Wildman–Crippen LogP) is 8.87. The fraction of sp³-hybridized carbons (Fsp3) is 0.392. The Morgan fingerprint density at radius 2 is 1.11 bits per heavy atom. The Labute approximate surface area is 369 Å². The van der Waals surface area contributed by atoms with Gasteiger partial charge in [-0.15, -0.1) is 11.8 Å². The third-order valence-corrected chi connectivity index (χ3v) is 13.2. The molecule has 2 aliphatic heterocycles. The summed E-state index contributed by atoms with van der Waals surface area (Å²) in [5, 5.41) is -0.671. The molecule has 5 aromatic rings. The van der Waals surface area contributed by atoms with Crippen LogP contribution in [0, 0.1) is 5.92 Å². The Morgan fingerprint density at radius 3 is 1.65 bits per heavy atom. The number of carbonyl (C=O) groups is 1. The van der Waals surface area contributed by atoms with E-state index in [4.69, 9.17) is 42.6 Å². The molecule has 1 aliphatic carbocycles. The van der Waals surface area contributed by atoms with E-state index in [0.29, 0.717) is 39.5 Å². The second kappa shape index (κ2) is 22.3. The first-order valence-electron chi connectivity index (χ1n) is 21.4. The zero-order valence-electron chi connectivity index (χ0n) is 35.2. The van der Waals surface area contributed by atoms with Gasteiger partial charge in [-0.3, -0.25) is 4.79 Å². The maximum atomic E-state index is 12.9. The lowest BCUT2D eigenvalue weighted by molar-refractivity contribution is -0.331. The van der Waals surface area contributed by atoms with Crippen LogP contribution in [-0.4, -0.2) is 79.7 Å². The number of rotatable bonds is 18. The minimum atomic E-state index is -0.859. The van der Waals surface area contributed by atoms with Crippen LogP contribution in [0.3, 0.4) is 0 Å². The molecule has 0 N–H and O–H groups in total. The van der Waals surface area contributed by atoms with Crippen molar-refractivity contribution in [2.45, 2.75) is 99.5 Å². The lowest BCUT2D eigenvalue weighted by atomic mass is 9.82. The van der Waals surface area contributed by atoms with Crippen molar-refractivity contribution < 1.29 is 47.4 Å². The van der Waals surface area contributed by atoms with Crippen molar-refractivity contribution in [2.24, 2.45) is 5.92 Å². The quantitative estimate of drug-likeness (QED) is 0.0791. The molecule has 0 bridgehead atoms. The molecule has 3 fully saturated rings. The first-order chi connectivity index (χ1) is 30.5. The van der Waals surface area contributed by atoms with Crippen LogP contribution in [0.5, 0.6) is 0 Å². The molecule has 1 saturated carbocycles. The van der Waals surface area contributed by atoms with Crippen molar-refractivity contribution in [1.82, 2.24) is 0 Å². The van der Waals surface area contributed by atoms with E-state index in [9.17, 15) is 4.79 Å². The number of fused-ring (bicyclic) bond motifs is 1. The molecule has 11 atom stereocenters. The average molecular weight is 861 g/mol. The van der Waals surface area contributed by atoms with Crippen LogP contribution >= 0.6 is 11.8 Å². The summed E-state index contributed by atoms with van der Waals surface area (Å²) in [5.41, 5.74) is 5.11. The van der Waals surface area contributed by atoms with Gasteiger partial charge in [0.15, 0.2) is 18.7 Å². The summed E-state index contributed by atoms with van der Waals surface area (Å²) in [6.07, 6.45) is -4.13. The van der Waals surface area contributed by atoms with E-state index in [1.54, 1.807) is 18.9 Å². The minimum Gasteiger partial charge on any atom is -0.456 e. The summed E-state index contributed by atoms with van der Waals surface area (Å²) in [6, 6.07) is 50.6. The van der Waals surface area contributed by atoms with Crippen LogP contribution in [0.2, 0.25) is 0 Å². The van der Waals surface area contributed by atoms with Gasteiger partial charge in [-0.05, 0) is 28.7 Å². The molecule has 0 spiro atoms. The number of ether oxygens (including phenoxy) is 9. The van der Waals surface area contributed by atoms with Gasteiger partial charge in [-0.25, -0.2) is 0 Å². The zero-order chi connectivity index (χ0) is 42.5. The number of methoxy groups -OCH3 is 1. The minimum absolute atomic E-state index is 0.119. The van der Waals surface area contributed by atoms with E-state index in [0.717, 1.165) is 27.8 Å². The molecule has 1 unspecified atom stereocenters. The van der Waals surface area contributed by atoms with Crippen LogP contribution in [0.4, 0.5) is 0 Å². The second-order valence-electron chi connectivity index (χ2n) is 15.9. The Balaban J connectivity index is 1.17. The number of thioether (sulfide) groups is 1. The molecule has 11 heteroatoms. The maximum absolute atomic E-state index is 12.9. The van der Waals surface area contributed by atoms with Crippen molar-refractivity contribution in [3.05, 3.63) is 179 Å². The lowest BCUT2D eigenvalue weighted by Crippen LogP contribution is -2.63. The summed E-state index contributed by atoms with van der Waals surface area (Å²) in [7, 11) is 1.56. The maximum Gasteiger partial charge on any atom is 0.303 e. The molecular weight excluding hydrogens is 805 g/mol. The van der Waals surface area contributed by atoms with Gasteiger partial charge in [0.1, 0.15) is 18.3 Å². The van der Waals surface area contributed by atoms with Crippen LogP contribution in [-0.2, 0) is 73.9 Å². The van der Waals surface area contributed by atoms with E-state index in [-0.39, 0.29) is 17.8 Å². The lowest BCUT2D eigenvalue weighted by Gasteiger charge is -2.51. The standard InChI is InChI=1S/C51H56O10S/c1-35(52)59-48-49(45-42(60-51(48)53-2)34-58-50(61-45)40-26-16-7-17-27-40)62-43-28-41(33-54-29-36-18-8-3-9-19-36)44(55-30-37-20-10-4-11-21-37)47(57-32-39-24-14-6-15-25-39)46(43)56-31-38-22-12-5-13-23-38/h3-27,41-51H,28-34H2,1-2H3/t41-,42-,43+,44-,45-,46+,47+,48-,49+,50?,51+/m1/s1. The molecular formula is C51H56O10S. The van der Waals surface area contributed by atoms with Crippen molar-refractivity contribution >= 4 is 17.7 Å². The van der Waals surface area contributed by atoms with Gasteiger partial charge in [-0.1, -0.05) is 152 Å². The first-order valence-corrected chi connectivity index (χ1v) is 22.4. The zero-order valence-corrected chi connectivity index (χ0v) is 36.0. The highest BCUT2D eigenvalue weighted by molar-refractivity contribution is 8.00. The number of esters is 1. The predicted molar refractivity (Wildman–Crippen MR) is 236 cm³/mol. The average Bonchev–Trinajstić information content (AvgIpc) is 3.32. The third kappa shape index (κ3) is 11.6. The van der Waals surface area contributed by atoms with Crippen LogP contribution in [0.1, 0.15) is 47.5 Å². The number of benzene rings is 5. The number of hydrogen-bond donors (Lipinski definition) is 0. The van der Waals surface area contributed by atoms with Crippen molar-refractivity contribution in [2.75, 3.05) is 20.3 Å². The van der Waals surface area contributed by atoms with E-state index in [2.05, 4.69) is 48.5 Å². The molecule has 2 saturated heterocycles. The van der Waals surface area contributed by atoms with Gasteiger partial charge in [0.05, 0.1) is 57.1 Å². The fourth-order valence-electron chi connectivity index (χ4n) is 8.54. The normalized spacial score (nSPS) is 28.5. The van der Waals surface area contributed by atoms with Gasteiger partial charge >= 0.3 is 5.97 Å². The first kappa shape index (κ1) is 44.2. The summed E-state index contributed by atoms with van der Waals surface area (Å²) in [4.78, 5) is 12.9. The number of carbonyl (C=O) groups excluding carboxylic acids is 1. The highest BCUT2D eigenvalue weighted by atomic mass is 32.2. The summed E-state index contributed by atoms with van der Waals surface area (Å²) >= 11 is 1.68. The molecule has 2 heterocycles. The molecule has 0 amide bonds. The highest BCUT2D eigenvalue weighted by Crippen LogP contribution is 2.47. The van der Waals surface area contributed by atoms with E-state index in [1.807, 2.05) is 103 Å². The molecule has 8 rings (SSSR count). The Kier molecular flexibility index (Phi) is 15.9. The second-order valence-corrected chi connectivity index (χ2v) is 17.4. The Morgan fingerprint density at radius 1 is 0.613 bits per heavy atom. The monoisotopic (exact) mass is 860 g/mol. The van der Waals surface area contributed by atoms with Crippen LogP contribution in [0.25, 0.3) is 0 Å². The molecule has 62 heavy (non-hydrogen) atoms. The van der Waals surface area contributed by atoms with Crippen molar-refractivity contribution in [3.8, 4) is 0 Å². The Hall–Kier alpha value is -4.40. The van der Waals surface area contributed by atoms with Gasteiger partial charge in [0.2, 0.25) is 0 Å². The van der Waals surface area contributed by atoms with Crippen LogP contribution in [0.15, 0.2) is 152 Å². The van der Waals surface area contributed by atoms with Gasteiger partial charge in [0, 0.05) is 30.8 Å². The van der Waals surface area contributed by atoms with Crippen LogP contribution < -0.4 is 0 Å². The summed E-state index contributed by atoms with van der Waals surface area (Å²) in [6.45, 7) is 3.62. The number of hydrogen-bond acceptors (Lipinski definition) is 11. The molecule has 0 radical (unpaired) electrons. The molecule has 3 aliphatic rings. The molecule has 10 nitrogen and oxygen atoms in total. The van der Waals surface area contributed by atoms with Gasteiger partial charge < -0.3 is 42.6 Å². The van der Waals surface area contributed by atoms with E-state index < -0.39 is 60.4 Å². The van der Waals surface area contributed by atoms with Crippen molar-refractivity contribution in [1.29, 1.82) is 0 Å². The summed E-state index contributed by atoms with van der Waals surface area (Å²) < 4.78 is 59.4. The summed E-state index contributed by atoms with van der Waals surface area (Å²) in [5.74, 6) is -0.562. The van der Waals surface area contributed by atoms with Crippen molar-refractivity contribution in [3.63, 3.8) is 0 Å². The largest absolute Gasteiger partial charge is 0.456 e. The topological polar surface area (TPSA) is 100 Å². The van der Waals surface area contributed by atoms with E-state index in [1.165, 1.54) is 6.92 Å². The smallest absolute Gasteiger partial charge is 0.303 e. The molecule has 5 aromatic carbocycles. The van der Waals surface area contributed by atoms with E-state index >= 15 is 0 Å². The van der Waals surface area contributed by atoms with Gasteiger partial charge in [-0.2, -0.15) is 0 Å². The molecule has 0 aromatic heterocycles. The Bertz CT molecular complexity index is 2060. The van der Waals surface area contributed by atoms with Gasteiger partial charge in [0.25, 0.3) is 0 Å². The SMILES string of the molecule is CO[C@H]1O[C@@H]2COC(c3ccccc3)O[C@H]2[C@H](S[C@H]2C[C@H](COCc3ccccc3)[C@@H](OCc3ccccc3)[C@H](OCc3ccccc3)[C@H]2OCc2ccccc2)[C@H]1OC(C)=O.